The summed E-state index contributed by atoms with van der Waals surface area (Å²) in [4.78, 5) is 10.6. The molecule has 0 aliphatic rings. The van der Waals surface area contributed by atoms with Crippen molar-refractivity contribution < 1.29 is 19.9 Å². The number of hydrogen-bond donors (Lipinski definition) is 2. The molecule has 0 aromatic carbocycles. The molecule has 0 saturated heterocycles. The van der Waals surface area contributed by atoms with E-state index in [0.717, 1.165) is 6.42 Å². The monoisotopic (exact) mass is 530 g/mol. The molecule has 0 atom stereocenters. The largest absolute Gasteiger partial charge is 0.394 e. The lowest BCUT2D eigenvalue weighted by atomic mass is 10.0. The molecule has 5 heteroatoms. The van der Waals surface area contributed by atoms with Crippen LogP contribution in [-0.2, 0) is 9.68 Å². The maximum Gasteiger partial charge on any atom is 0.0942 e. The Balaban J connectivity index is 3.16. The summed E-state index contributed by atoms with van der Waals surface area (Å²) in [6.45, 7) is 3.37. The SMILES string of the molecule is CCCCCCCCCCCCCCCCCCCCCCCCCCCCN(OCCO)OCCO. The summed E-state index contributed by atoms with van der Waals surface area (Å²) in [6.07, 6.45) is 36.4. The van der Waals surface area contributed by atoms with Gasteiger partial charge in [-0.2, -0.15) is 0 Å². The summed E-state index contributed by atoms with van der Waals surface area (Å²) >= 11 is 0. The van der Waals surface area contributed by atoms with Crippen LogP contribution in [0.1, 0.15) is 174 Å². The Kier molecular flexibility index (Phi) is 33.6. The van der Waals surface area contributed by atoms with Crippen molar-refractivity contribution in [3.63, 3.8) is 0 Å². The molecule has 224 valence electrons. The van der Waals surface area contributed by atoms with Crippen LogP contribution in [0.25, 0.3) is 0 Å². The number of aliphatic hydroxyl groups excluding tert-OH is 2. The molecular weight excluding hydrogens is 462 g/mol. The Morgan fingerprint density at radius 3 is 0.865 bits per heavy atom. The third kappa shape index (κ3) is 31.9. The average molecular weight is 530 g/mol. The first-order valence-corrected chi connectivity index (χ1v) is 16.6. The van der Waals surface area contributed by atoms with E-state index in [1.807, 2.05) is 0 Å². The van der Waals surface area contributed by atoms with E-state index in [-0.39, 0.29) is 26.4 Å². The molecule has 37 heavy (non-hydrogen) atoms. The molecule has 0 aliphatic carbocycles. The van der Waals surface area contributed by atoms with Gasteiger partial charge in [-0.25, -0.2) is 0 Å². The van der Waals surface area contributed by atoms with Gasteiger partial charge in [0.1, 0.15) is 0 Å². The van der Waals surface area contributed by atoms with Gasteiger partial charge in [0.2, 0.25) is 0 Å². The second-order valence-electron chi connectivity index (χ2n) is 11.0. The van der Waals surface area contributed by atoms with Gasteiger partial charge in [-0.3, -0.25) is 9.68 Å². The van der Waals surface area contributed by atoms with E-state index in [0.29, 0.717) is 6.54 Å². The smallest absolute Gasteiger partial charge is 0.0942 e. The fraction of sp³-hybridized carbons (Fsp3) is 1.00. The number of aliphatic hydroxyl groups is 2. The van der Waals surface area contributed by atoms with E-state index < -0.39 is 0 Å². The molecular formula is C32H67NO4. The first-order chi connectivity index (χ1) is 18.3. The predicted octanol–water partition coefficient (Wildman–Crippen LogP) is 9.30. The first kappa shape index (κ1) is 36.8. The van der Waals surface area contributed by atoms with Crippen molar-refractivity contribution >= 4 is 0 Å². The summed E-state index contributed by atoms with van der Waals surface area (Å²) < 4.78 is 0. The molecule has 0 heterocycles. The van der Waals surface area contributed by atoms with Gasteiger partial charge in [-0.05, 0) is 6.42 Å². The molecule has 2 N–H and O–H groups in total. The Morgan fingerprint density at radius 2 is 0.622 bits per heavy atom. The number of rotatable bonds is 33. The fourth-order valence-corrected chi connectivity index (χ4v) is 5.01. The second kappa shape index (κ2) is 33.8. The van der Waals surface area contributed by atoms with Crippen LogP contribution in [0.5, 0.6) is 0 Å². The Bertz CT molecular complexity index is 389. The quantitative estimate of drug-likeness (QED) is 0.0655. The van der Waals surface area contributed by atoms with Crippen molar-refractivity contribution in [3.8, 4) is 0 Å². The van der Waals surface area contributed by atoms with Gasteiger partial charge < -0.3 is 10.2 Å². The summed E-state index contributed by atoms with van der Waals surface area (Å²) in [5.41, 5.74) is 0. The van der Waals surface area contributed by atoms with Crippen molar-refractivity contribution in [1.82, 2.24) is 5.23 Å². The van der Waals surface area contributed by atoms with E-state index in [1.165, 1.54) is 166 Å². The summed E-state index contributed by atoms with van der Waals surface area (Å²) in [6, 6.07) is 0. The number of hydroxylamine groups is 2. The topological polar surface area (TPSA) is 62.2 Å². The van der Waals surface area contributed by atoms with Gasteiger partial charge in [-0.1, -0.05) is 173 Å². The van der Waals surface area contributed by atoms with E-state index in [9.17, 15) is 0 Å². The van der Waals surface area contributed by atoms with Gasteiger partial charge >= 0.3 is 0 Å². The Morgan fingerprint density at radius 1 is 0.378 bits per heavy atom. The highest BCUT2D eigenvalue weighted by Crippen LogP contribution is 2.16. The Hall–Kier alpha value is -0.200. The van der Waals surface area contributed by atoms with Crippen LogP contribution < -0.4 is 0 Å². The fourth-order valence-electron chi connectivity index (χ4n) is 5.01. The lowest BCUT2D eigenvalue weighted by molar-refractivity contribution is -0.371. The molecule has 0 aromatic heterocycles. The summed E-state index contributed by atoms with van der Waals surface area (Å²) in [5, 5.41) is 19.1. The van der Waals surface area contributed by atoms with Crippen molar-refractivity contribution in [1.29, 1.82) is 0 Å². The molecule has 0 amide bonds. The third-order valence-corrected chi connectivity index (χ3v) is 7.35. The zero-order chi connectivity index (χ0) is 26.9. The van der Waals surface area contributed by atoms with E-state index >= 15 is 0 Å². The van der Waals surface area contributed by atoms with Crippen molar-refractivity contribution in [3.05, 3.63) is 0 Å². The first-order valence-electron chi connectivity index (χ1n) is 16.6. The van der Waals surface area contributed by atoms with E-state index in [1.54, 1.807) is 0 Å². The molecule has 0 aromatic rings. The minimum atomic E-state index is -0.0293. The second-order valence-corrected chi connectivity index (χ2v) is 11.0. The minimum absolute atomic E-state index is 0.0293. The van der Waals surface area contributed by atoms with E-state index in [2.05, 4.69) is 6.92 Å². The predicted molar refractivity (Wildman–Crippen MR) is 158 cm³/mol. The highest BCUT2D eigenvalue weighted by Gasteiger charge is 2.05. The third-order valence-electron chi connectivity index (χ3n) is 7.35. The van der Waals surface area contributed by atoms with Crippen LogP contribution in [0.3, 0.4) is 0 Å². The number of hydrogen-bond acceptors (Lipinski definition) is 5. The normalized spacial score (nSPS) is 11.7. The van der Waals surface area contributed by atoms with Crippen molar-refractivity contribution in [2.75, 3.05) is 33.0 Å². The summed E-state index contributed by atoms with van der Waals surface area (Å²) in [5.74, 6) is 0. The molecule has 0 saturated carbocycles. The number of unbranched alkanes of at least 4 members (excludes halogenated alkanes) is 25. The molecule has 0 radical (unpaired) electrons. The minimum Gasteiger partial charge on any atom is -0.394 e. The van der Waals surface area contributed by atoms with Crippen molar-refractivity contribution in [2.24, 2.45) is 0 Å². The van der Waals surface area contributed by atoms with Gasteiger partial charge in [0.15, 0.2) is 0 Å². The van der Waals surface area contributed by atoms with Gasteiger partial charge in [0.05, 0.1) is 33.0 Å². The van der Waals surface area contributed by atoms with E-state index in [4.69, 9.17) is 19.9 Å². The average Bonchev–Trinajstić information content (AvgIpc) is 2.91. The van der Waals surface area contributed by atoms with Crippen LogP contribution in [-0.4, -0.2) is 48.4 Å². The molecule has 0 unspecified atom stereocenters. The zero-order valence-corrected chi connectivity index (χ0v) is 25.1. The lowest BCUT2D eigenvalue weighted by Crippen LogP contribution is -2.28. The van der Waals surface area contributed by atoms with Crippen molar-refractivity contribution in [2.45, 2.75) is 174 Å². The zero-order valence-electron chi connectivity index (χ0n) is 25.1. The molecule has 0 fully saturated rings. The van der Waals surface area contributed by atoms with Gasteiger partial charge in [0.25, 0.3) is 0 Å². The molecule has 5 nitrogen and oxygen atoms in total. The molecule has 0 bridgehead atoms. The maximum atomic E-state index is 8.85. The van der Waals surface area contributed by atoms with Crippen LogP contribution in [0.2, 0.25) is 0 Å². The molecule has 0 rings (SSSR count). The Labute approximate surface area is 232 Å². The van der Waals surface area contributed by atoms with Gasteiger partial charge in [0, 0.05) is 0 Å². The van der Waals surface area contributed by atoms with Crippen LogP contribution in [0.15, 0.2) is 0 Å². The lowest BCUT2D eigenvalue weighted by Gasteiger charge is -2.20. The van der Waals surface area contributed by atoms with Crippen LogP contribution >= 0.6 is 0 Å². The maximum absolute atomic E-state index is 8.85. The highest BCUT2D eigenvalue weighted by molar-refractivity contribution is 4.52. The highest BCUT2D eigenvalue weighted by atomic mass is 16.9. The number of nitrogens with zero attached hydrogens (tertiary/aromatic N) is 1. The van der Waals surface area contributed by atoms with Gasteiger partial charge in [-0.15, -0.1) is 0 Å². The molecule has 0 aliphatic heterocycles. The van der Waals surface area contributed by atoms with Crippen LogP contribution in [0, 0.1) is 0 Å². The molecule has 0 spiro atoms. The summed E-state index contributed by atoms with van der Waals surface area (Å²) in [7, 11) is 0. The standard InChI is InChI=1S/C32H67NO4/c1-2-3-4-5-6-7-8-9-10-11-12-13-14-15-16-17-18-19-20-21-22-23-24-25-26-27-28-33(36-31-29-34)37-32-30-35/h34-35H,2-32H2,1H3. The van der Waals surface area contributed by atoms with Crippen LogP contribution in [0.4, 0.5) is 0 Å².